The van der Waals surface area contributed by atoms with Crippen molar-refractivity contribution in [3.05, 3.63) is 12.3 Å². The lowest BCUT2D eigenvalue weighted by Crippen LogP contribution is -2.47. The van der Waals surface area contributed by atoms with Crippen LogP contribution in [0.2, 0.25) is 0 Å². The average Bonchev–Trinajstić information content (AvgIpc) is 2.17. The van der Waals surface area contributed by atoms with Crippen LogP contribution in [0.25, 0.3) is 0 Å². The maximum absolute atomic E-state index is 5.78. The van der Waals surface area contributed by atoms with Crippen molar-refractivity contribution < 1.29 is 0 Å². The predicted octanol–water partition coefficient (Wildman–Crippen LogP) is 0.558. The molecule has 1 atom stereocenters. The van der Waals surface area contributed by atoms with E-state index < -0.39 is 0 Å². The SMILES string of the molecule is CCC1(N)CC=CN1. The normalized spacial score (nSPS) is 35.2. The molecule has 0 aromatic rings. The van der Waals surface area contributed by atoms with Crippen LogP contribution in [-0.4, -0.2) is 5.66 Å². The molecule has 0 aliphatic carbocycles. The first-order valence-electron chi connectivity index (χ1n) is 2.98. The molecule has 1 aliphatic heterocycles. The second kappa shape index (κ2) is 1.78. The van der Waals surface area contributed by atoms with E-state index in [1.54, 1.807) is 0 Å². The van der Waals surface area contributed by atoms with Crippen molar-refractivity contribution in [2.24, 2.45) is 5.73 Å². The summed E-state index contributed by atoms with van der Waals surface area (Å²) in [4.78, 5) is 0. The first-order chi connectivity index (χ1) is 3.77. The van der Waals surface area contributed by atoms with Crippen LogP contribution < -0.4 is 11.1 Å². The van der Waals surface area contributed by atoms with Crippen molar-refractivity contribution >= 4 is 0 Å². The third-order valence-electron chi connectivity index (χ3n) is 1.60. The molecule has 0 radical (unpaired) electrons. The van der Waals surface area contributed by atoms with Crippen LogP contribution in [0.4, 0.5) is 0 Å². The fourth-order valence-electron chi connectivity index (χ4n) is 0.799. The van der Waals surface area contributed by atoms with Gasteiger partial charge in [0.25, 0.3) is 0 Å². The van der Waals surface area contributed by atoms with E-state index in [0.717, 1.165) is 12.8 Å². The summed E-state index contributed by atoms with van der Waals surface area (Å²) in [5.41, 5.74) is 5.66. The standard InChI is InChI=1S/C6H12N2/c1-2-6(7)4-3-5-8-6/h3,5,8H,2,4,7H2,1H3. The molecule has 3 N–H and O–H groups in total. The fourth-order valence-corrected chi connectivity index (χ4v) is 0.799. The summed E-state index contributed by atoms with van der Waals surface area (Å²) in [7, 11) is 0. The van der Waals surface area contributed by atoms with E-state index in [0.29, 0.717) is 0 Å². The Kier molecular flexibility index (Phi) is 1.26. The zero-order chi connectivity index (χ0) is 6.04. The lowest BCUT2D eigenvalue weighted by molar-refractivity contribution is 0.391. The maximum Gasteiger partial charge on any atom is 0.0884 e. The largest absolute Gasteiger partial charge is 0.373 e. The highest BCUT2D eigenvalue weighted by Crippen LogP contribution is 2.12. The van der Waals surface area contributed by atoms with Crippen LogP contribution in [-0.2, 0) is 0 Å². The van der Waals surface area contributed by atoms with E-state index in [1.807, 2.05) is 6.20 Å². The van der Waals surface area contributed by atoms with Crippen molar-refractivity contribution in [3.8, 4) is 0 Å². The number of nitrogens with two attached hydrogens (primary N) is 1. The van der Waals surface area contributed by atoms with Crippen LogP contribution in [0, 0.1) is 0 Å². The van der Waals surface area contributed by atoms with Crippen LogP contribution in [0.5, 0.6) is 0 Å². The molecular formula is C6H12N2. The van der Waals surface area contributed by atoms with Gasteiger partial charge >= 0.3 is 0 Å². The van der Waals surface area contributed by atoms with Crippen molar-refractivity contribution in [2.45, 2.75) is 25.4 Å². The van der Waals surface area contributed by atoms with E-state index in [4.69, 9.17) is 5.73 Å². The minimum absolute atomic E-state index is 0.125. The summed E-state index contributed by atoms with van der Waals surface area (Å²) in [5, 5.41) is 3.08. The molecule has 8 heavy (non-hydrogen) atoms. The highest BCUT2D eigenvalue weighted by molar-refractivity contribution is 5.01. The molecule has 0 saturated carbocycles. The molecule has 0 aromatic heterocycles. The van der Waals surface area contributed by atoms with Gasteiger partial charge in [-0.25, -0.2) is 0 Å². The van der Waals surface area contributed by atoms with Crippen LogP contribution in [0.15, 0.2) is 12.3 Å². The van der Waals surface area contributed by atoms with Gasteiger partial charge in [-0.15, -0.1) is 0 Å². The smallest absolute Gasteiger partial charge is 0.0884 e. The zero-order valence-electron chi connectivity index (χ0n) is 5.15. The van der Waals surface area contributed by atoms with Gasteiger partial charge in [0.15, 0.2) is 0 Å². The van der Waals surface area contributed by atoms with Gasteiger partial charge < -0.3 is 11.1 Å². The predicted molar refractivity (Wildman–Crippen MR) is 34.1 cm³/mol. The summed E-state index contributed by atoms with van der Waals surface area (Å²) in [6.45, 7) is 2.08. The zero-order valence-corrected chi connectivity index (χ0v) is 5.15. The quantitative estimate of drug-likeness (QED) is 0.520. The summed E-state index contributed by atoms with van der Waals surface area (Å²) in [5.74, 6) is 0. The first kappa shape index (κ1) is 5.63. The van der Waals surface area contributed by atoms with E-state index in [1.165, 1.54) is 0 Å². The van der Waals surface area contributed by atoms with Crippen LogP contribution in [0.1, 0.15) is 19.8 Å². The minimum atomic E-state index is -0.125. The molecule has 0 amide bonds. The molecule has 1 rings (SSSR count). The van der Waals surface area contributed by atoms with Gasteiger partial charge in [-0.2, -0.15) is 0 Å². The molecule has 1 heterocycles. The topological polar surface area (TPSA) is 38.0 Å². The Hall–Kier alpha value is -0.500. The van der Waals surface area contributed by atoms with Gasteiger partial charge in [0.1, 0.15) is 0 Å². The number of hydrogen-bond donors (Lipinski definition) is 2. The molecule has 1 unspecified atom stereocenters. The van der Waals surface area contributed by atoms with Crippen molar-refractivity contribution in [1.82, 2.24) is 5.32 Å². The minimum Gasteiger partial charge on any atom is -0.373 e. The lowest BCUT2D eigenvalue weighted by Gasteiger charge is -2.22. The number of nitrogens with one attached hydrogen (secondary N) is 1. The Morgan fingerprint density at radius 1 is 1.88 bits per heavy atom. The monoisotopic (exact) mass is 112 g/mol. The van der Waals surface area contributed by atoms with E-state index in [-0.39, 0.29) is 5.66 Å². The summed E-state index contributed by atoms with van der Waals surface area (Å²) in [6, 6.07) is 0. The summed E-state index contributed by atoms with van der Waals surface area (Å²) in [6.07, 6.45) is 5.93. The Labute approximate surface area is 49.8 Å². The summed E-state index contributed by atoms with van der Waals surface area (Å²) >= 11 is 0. The Bertz CT molecular complexity index is 99.1. The fraction of sp³-hybridized carbons (Fsp3) is 0.667. The average molecular weight is 112 g/mol. The van der Waals surface area contributed by atoms with E-state index in [2.05, 4.69) is 18.3 Å². The van der Waals surface area contributed by atoms with Gasteiger partial charge in [0.05, 0.1) is 5.66 Å². The Morgan fingerprint density at radius 3 is 2.88 bits per heavy atom. The molecular weight excluding hydrogens is 100 g/mol. The van der Waals surface area contributed by atoms with Gasteiger partial charge in [0.2, 0.25) is 0 Å². The van der Waals surface area contributed by atoms with E-state index in [9.17, 15) is 0 Å². The van der Waals surface area contributed by atoms with Gasteiger partial charge in [0, 0.05) is 6.42 Å². The van der Waals surface area contributed by atoms with Crippen molar-refractivity contribution in [3.63, 3.8) is 0 Å². The maximum atomic E-state index is 5.78. The first-order valence-corrected chi connectivity index (χ1v) is 2.98. The molecule has 46 valence electrons. The van der Waals surface area contributed by atoms with Gasteiger partial charge in [-0.3, -0.25) is 0 Å². The second-order valence-electron chi connectivity index (χ2n) is 2.26. The molecule has 0 aromatic carbocycles. The van der Waals surface area contributed by atoms with Gasteiger partial charge in [-0.05, 0) is 12.6 Å². The molecule has 0 saturated heterocycles. The summed E-state index contributed by atoms with van der Waals surface area (Å²) < 4.78 is 0. The van der Waals surface area contributed by atoms with Crippen LogP contribution in [0.3, 0.4) is 0 Å². The number of hydrogen-bond acceptors (Lipinski definition) is 2. The highest BCUT2D eigenvalue weighted by atomic mass is 15.1. The van der Waals surface area contributed by atoms with E-state index >= 15 is 0 Å². The lowest BCUT2D eigenvalue weighted by atomic mass is 10.1. The molecule has 0 spiro atoms. The molecule has 2 heteroatoms. The third-order valence-corrected chi connectivity index (χ3v) is 1.60. The highest BCUT2D eigenvalue weighted by Gasteiger charge is 2.21. The molecule has 0 bridgehead atoms. The molecule has 1 aliphatic rings. The van der Waals surface area contributed by atoms with Crippen molar-refractivity contribution in [1.29, 1.82) is 0 Å². The van der Waals surface area contributed by atoms with Crippen molar-refractivity contribution in [2.75, 3.05) is 0 Å². The second-order valence-corrected chi connectivity index (χ2v) is 2.26. The third kappa shape index (κ3) is 0.842. The Morgan fingerprint density at radius 2 is 2.62 bits per heavy atom. The van der Waals surface area contributed by atoms with Crippen LogP contribution >= 0.6 is 0 Å². The van der Waals surface area contributed by atoms with Gasteiger partial charge in [-0.1, -0.05) is 13.0 Å². The number of rotatable bonds is 1. The molecule has 0 fully saturated rings. The molecule has 2 nitrogen and oxygen atoms in total. The Balaban J connectivity index is 2.46.